The second-order valence-electron chi connectivity index (χ2n) is 8.09. The van der Waals surface area contributed by atoms with Gasteiger partial charge in [-0.1, -0.05) is 66.8 Å². The standard InChI is InChI=1S/C26H25F3O4/c1-31-23-15-14-19-6-2-5-9-22(33-25(30)16-24(23)32-19)18-12-10-17(11-13-18)20-7-3-4-8-21(20)26(27,28)29/h2-5,7-8,10-15,19,22-24H,6,9,16H2,1H3/b5-2-/t19-,22-,23+,24-/m1/s1. The van der Waals surface area contributed by atoms with Gasteiger partial charge in [0, 0.05) is 13.5 Å². The Bertz CT molecular complexity index is 1030. The van der Waals surface area contributed by atoms with Gasteiger partial charge in [0.15, 0.2) is 0 Å². The molecular formula is C26H25F3O4. The molecule has 2 bridgehead atoms. The topological polar surface area (TPSA) is 44.8 Å². The van der Waals surface area contributed by atoms with Gasteiger partial charge in [-0.3, -0.25) is 4.79 Å². The average molecular weight is 458 g/mol. The molecule has 0 unspecified atom stereocenters. The highest BCUT2D eigenvalue weighted by molar-refractivity contribution is 5.71. The van der Waals surface area contributed by atoms with Crippen LogP contribution in [0.15, 0.2) is 72.8 Å². The maximum Gasteiger partial charge on any atom is 0.417 e. The Morgan fingerprint density at radius 1 is 0.970 bits per heavy atom. The van der Waals surface area contributed by atoms with Crippen LogP contribution in [0.3, 0.4) is 0 Å². The molecule has 0 aliphatic carbocycles. The van der Waals surface area contributed by atoms with E-state index in [-0.39, 0.29) is 24.2 Å². The number of carbonyl (C=O) groups excluding carboxylic acids is 1. The van der Waals surface area contributed by atoms with Gasteiger partial charge in [-0.25, -0.2) is 0 Å². The van der Waals surface area contributed by atoms with Crippen molar-refractivity contribution in [2.24, 2.45) is 0 Å². The molecule has 2 aromatic carbocycles. The normalized spacial score (nSPS) is 26.8. The Balaban J connectivity index is 1.56. The van der Waals surface area contributed by atoms with E-state index < -0.39 is 29.9 Å². The molecule has 0 fully saturated rings. The van der Waals surface area contributed by atoms with Gasteiger partial charge in [-0.15, -0.1) is 0 Å². The van der Waals surface area contributed by atoms with Crippen molar-refractivity contribution < 1.29 is 32.2 Å². The fourth-order valence-electron chi connectivity index (χ4n) is 4.17. The molecule has 0 spiro atoms. The monoisotopic (exact) mass is 458 g/mol. The highest BCUT2D eigenvalue weighted by atomic mass is 19.4. The minimum atomic E-state index is -4.44. The maximum absolute atomic E-state index is 13.4. The van der Waals surface area contributed by atoms with Crippen molar-refractivity contribution in [2.75, 3.05) is 7.11 Å². The number of cyclic esters (lactones) is 1. The Morgan fingerprint density at radius 2 is 1.70 bits per heavy atom. The van der Waals surface area contributed by atoms with Gasteiger partial charge in [0.2, 0.25) is 0 Å². The Kier molecular flexibility index (Phi) is 7.00. The molecule has 4 nitrogen and oxygen atoms in total. The number of benzene rings is 2. The van der Waals surface area contributed by atoms with Crippen molar-refractivity contribution in [2.45, 2.75) is 49.9 Å². The first-order valence-electron chi connectivity index (χ1n) is 10.8. The molecule has 7 heteroatoms. The van der Waals surface area contributed by atoms with Gasteiger partial charge < -0.3 is 14.2 Å². The first-order chi connectivity index (χ1) is 15.8. The summed E-state index contributed by atoms with van der Waals surface area (Å²) in [5, 5.41) is 0. The summed E-state index contributed by atoms with van der Waals surface area (Å²) in [5.41, 5.74) is 0.583. The summed E-state index contributed by atoms with van der Waals surface area (Å²) >= 11 is 0. The molecule has 0 radical (unpaired) electrons. The number of rotatable bonds is 3. The van der Waals surface area contributed by atoms with Crippen LogP contribution in [0.2, 0.25) is 0 Å². The summed E-state index contributed by atoms with van der Waals surface area (Å²) in [4.78, 5) is 12.7. The lowest BCUT2D eigenvalue weighted by molar-refractivity contribution is -0.156. The molecule has 0 aromatic heterocycles. The highest BCUT2D eigenvalue weighted by Crippen LogP contribution is 2.37. The first-order valence-corrected chi connectivity index (χ1v) is 10.8. The zero-order chi connectivity index (χ0) is 23.4. The van der Waals surface area contributed by atoms with Gasteiger partial charge in [-0.05, 0) is 29.2 Å². The molecule has 2 aliphatic heterocycles. The Morgan fingerprint density at radius 3 is 2.42 bits per heavy atom. The lowest BCUT2D eigenvalue weighted by atomic mass is 9.96. The summed E-state index contributed by atoms with van der Waals surface area (Å²) in [6.07, 6.45) is 3.05. The van der Waals surface area contributed by atoms with Crippen LogP contribution in [0.1, 0.15) is 36.5 Å². The zero-order valence-electron chi connectivity index (χ0n) is 18.1. The molecule has 33 heavy (non-hydrogen) atoms. The van der Waals surface area contributed by atoms with E-state index in [9.17, 15) is 18.0 Å². The van der Waals surface area contributed by atoms with E-state index >= 15 is 0 Å². The van der Waals surface area contributed by atoms with Crippen molar-refractivity contribution in [3.8, 4) is 11.1 Å². The third-order valence-electron chi connectivity index (χ3n) is 5.86. The van der Waals surface area contributed by atoms with Crippen molar-refractivity contribution in [1.29, 1.82) is 0 Å². The number of carbonyl (C=O) groups is 1. The van der Waals surface area contributed by atoms with E-state index in [1.54, 1.807) is 37.4 Å². The van der Waals surface area contributed by atoms with E-state index in [0.717, 1.165) is 6.07 Å². The van der Waals surface area contributed by atoms with Gasteiger partial charge in [0.1, 0.15) is 12.2 Å². The summed E-state index contributed by atoms with van der Waals surface area (Å²) in [7, 11) is 1.57. The molecule has 4 atom stereocenters. The smallest absolute Gasteiger partial charge is 0.417 e. The number of alkyl halides is 3. The van der Waals surface area contributed by atoms with E-state index in [1.807, 2.05) is 24.3 Å². The van der Waals surface area contributed by atoms with Gasteiger partial charge >= 0.3 is 12.1 Å². The largest absolute Gasteiger partial charge is 0.457 e. The predicted molar refractivity (Wildman–Crippen MR) is 117 cm³/mol. The zero-order valence-corrected chi connectivity index (χ0v) is 18.1. The van der Waals surface area contributed by atoms with Crippen molar-refractivity contribution in [1.82, 2.24) is 0 Å². The molecule has 0 saturated carbocycles. The number of methoxy groups -OCH3 is 1. The fourth-order valence-corrected chi connectivity index (χ4v) is 4.17. The lowest BCUT2D eigenvalue weighted by Gasteiger charge is -2.30. The molecule has 0 saturated heterocycles. The van der Waals surface area contributed by atoms with Crippen molar-refractivity contribution in [3.05, 3.63) is 84.0 Å². The summed E-state index contributed by atoms with van der Waals surface area (Å²) in [6, 6.07) is 12.2. The number of hydrogen-bond donors (Lipinski definition) is 0. The van der Waals surface area contributed by atoms with E-state index in [4.69, 9.17) is 14.2 Å². The van der Waals surface area contributed by atoms with E-state index in [1.165, 1.54) is 12.1 Å². The van der Waals surface area contributed by atoms with Crippen LogP contribution in [-0.2, 0) is 25.2 Å². The first kappa shape index (κ1) is 23.3. The molecule has 2 aromatic rings. The van der Waals surface area contributed by atoms with E-state index in [2.05, 4.69) is 0 Å². The van der Waals surface area contributed by atoms with Gasteiger partial charge in [-0.2, -0.15) is 13.2 Å². The molecule has 2 heterocycles. The minimum absolute atomic E-state index is 0.0485. The summed E-state index contributed by atoms with van der Waals surface area (Å²) < 4.78 is 57.3. The fraction of sp³-hybridized carbons (Fsp3) is 0.346. The van der Waals surface area contributed by atoms with E-state index in [0.29, 0.717) is 24.0 Å². The number of esters is 1. The molecule has 0 amide bonds. The van der Waals surface area contributed by atoms with Crippen LogP contribution in [0.5, 0.6) is 0 Å². The lowest BCUT2D eigenvalue weighted by Crippen LogP contribution is -2.38. The maximum atomic E-state index is 13.4. The third-order valence-corrected chi connectivity index (χ3v) is 5.86. The second-order valence-corrected chi connectivity index (χ2v) is 8.09. The van der Waals surface area contributed by atoms with Crippen LogP contribution in [0, 0.1) is 0 Å². The average Bonchev–Trinajstić information content (AvgIpc) is 2.83. The molecule has 4 rings (SSSR count). The van der Waals surface area contributed by atoms with Gasteiger partial charge in [0.25, 0.3) is 0 Å². The molecular weight excluding hydrogens is 433 g/mol. The van der Waals surface area contributed by atoms with Crippen LogP contribution in [0.25, 0.3) is 11.1 Å². The summed E-state index contributed by atoms with van der Waals surface area (Å²) in [6.45, 7) is 0. The Hall–Kier alpha value is -2.90. The van der Waals surface area contributed by atoms with Crippen LogP contribution >= 0.6 is 0 Å². The second kappa shape index (κ2) is 9.93. The van der Waals surface area contributed by atoms with Crippen LogP contribution in [-0.4, -0.2) is 31.4 Å². The third kappa shape index (κ3) is 5.54. The number of halogens is 3. The minimum Gasteiger partial charge on any atom is -0.457 e. The van der Waals surface area contributed by atoms with Crippen LogP contribution < -0.4 is 0 Å². The highest BCUT2D eigenvalue weighted by Gasteiger charge is 2.33. The quantitative estimate of drug-likeness (QED) is 0.416. The van der Waals surface area contributed by atoms with Gasteiger partial charge in [0.05, 0.1) is 24.2 Å². The molecule has 174 valence electrons. The predicted octanol–water partition coefficient (Wildman–Crippen LogP) is 6.04. The Labute approximate surface area is 190 Å². The molecule has 0 N–H and O–H groups in total. The summed E-state index contributed by atoms with van der Waals surface area (Å²) in [5.74, 6) is -0.414. The van der Waals surface area contributed by atoms with Crippen molar-refractivity contribution >= 4 is 5.97 Å². The van der Waals surface area contributed by atoms with Crippen molar-refractivity contribution in [3.63, 3.8) is 0 Å². The number of fused-ring (bicyclic) bond motifs is 2. The number of hydrogen-bond acceptors (Lipinski definition) is 4. The molecule has 2 aliphatic rings. The van der Waals surface area contributed by atoms with Crippen LogP contribution in [0.4, 0.5) is 13.2 Å². The number of ether oxygens (including phenoxy) is 3. The SMILES string of the molecule is CO[C@H]1C=C[C@H]2C/C=C\C[C@H](c3ccc(-c4ccccc4C(F)(F)F)cc3)OC(=O)C[C@H]1O2.